The third kappa shape index (κ3) is 3.00. The van der Waals surface area contributed by atoms with Crippen molar-refractivity contribution in [1.82, 2.24) is 10.2 Å². The second-order valence-electron chi connectivity index (χ2n) is 5.61. The predicted octanol–water partition coefficient (Wildman–Crippen LogP) is 2.26. The van der Waals surface area contributed by atoms with Gasteiger partial charge in [0.25, 0.3) is 0 Å². The maximum Gasteiger partial charge on any atom is 0.240 e. The van der Waals surface area contributed by atoms with E-state index in [-0.39, 0.29) is 11.9 Å². The SMILES string of the molecule is Cc1ccc(CN(C)C(=O)[C@H]2Cc3ccccc3CN2)o1. The van der Waals surface area contributed by atoms with Gasteiger partial charge in [0.15, 0.2) is 0 Å². The van der Waals surface area contributed by atoms with Crippen molar-refractivity contribution in [3.8, 4) is 0 Å². The zero-order valence-corrected chi connectivity index (χ0v) is 12.4. The van der Waals surface area contributed by atoms with E-state index in [2.05, 4.69) is 17.4 Å². The Morgan fingerprint density at radius 1 is 1.29 bits per heavy atom. The van der Waals surface area contributed by atoms with Crippen LogP contribution in [0.2, 0.25) is 0 Å². The number of nitrogens with zero attached hydrogens (tertiary/aromatic N) is 1. The first kappa shape index (κ1) is 13.9. The zero-order chi connectivity index (χ0) is 14.8. The highest BCUT2D eigenvalue weighted by Gasteiger charge is 2.26. The molecule has 0 saturated carbocycles. The third-order valence-corrected chi connectivity index (χ3v) is 3.94. The molecule has 0 fully saturated rings. The molecule has 1 aliphatic heterocycles. The van der Waals surface area contributed by atoms with E-state index in [4.69, 9.17) is 4.42 Å². The Labute approximate surface area is 124 Å². The quantitative estimate of drug-likeness (QED) is 0.940. The Kier molecular flexibility index (Phi) is 3.80. The van der Waals surface area contributed by atoms with Crippen LogP contribution in [0.5, 0.6) is 0 Å². The topological polar surface area (TPSA) is 45.5 Å². The second-order valence-corrected chi connectivity index (χ2v) is 5.61. The number of rotatable bonds is 3. The summed E-state index contributed by atoms with van der Waals surface area (Å²) in [5.41, 5.74) is 2.54. The summed E-state index contributed by atoms with van der Waals surface area (Å²) in [5.74, 6) is 1.80. The standard InChI is InChI=1S/C17H20N2O2/c1-12-7-8-15(21-12)11-19(2)17(20)16-9-13-5-3-4-6-14(13)10-18-16/h3-8,16,18H,9-11H2,1-2H3/t16-/m1/s1. The molecule has 3 rings (SSSR count). The number of furan rings is 1. The third-order valence-electron chi connectivity index (χ3n) is 3.94. The molecule has 1 amide bonds. The Hall–Kier alpha value is -2.07. The number of hydrogen-bond acceptors (Lipinski definition) is 3. The average molecular weight is 284 g/mol. The van der Waals surface area contributed by atoms with Gasteiger partial charge in [0.2, 0.25) is 5.91 Å². The number of carbonyl (C=O) groups is 1. The number of amides is 1. The van der Waals surface area contributed by atoms with E-state index in [0.29, 0.717) is 6.54 Å². The van der Waals surface area contributed by atoms with Crippen molar-refractivity contribution >= 4 is 5.91 Å². The number of likely N-dealkylation sites (N-methyl/N-ethyl adjacent to an activating group) is 1. The number of aryl methyl sites for hydroxylation is 1. The maximum atomic E-state index is 12.5. The van der Waals surface area contributed by atoms with Gasteiger partial charge in [-0.2, -0.15) is 0 Å². The molecule has 0 bridgehead atoms. The molecule has 4 heteroatoms. The molecule has 0 spiro atoms. The molecule has 0 saturated heterocycles. The van der Waals surface area contributed by atoms with Crippen LogP contribution in [0.1, 0.15) is 22.6 Å². The van der Waals surface area contributed by atoms with Gasteiger partial charge in [0.1, 0.15) is 11.5 Å². The van der Waals surface area contributed by atoms with Crippen LogP contribution in [0.15, 0.2) is 40.8 Å². The van der Waals surface area contributed by atoms with Crippen molar-refractivity contribution in [1.29, 1.82) is 0 Å². The minimum Gasteiger partial charge on any atom is -0.464 e. The van der Waals surface area contributed by atoms with Gasteiger partial charge in [0.05, 0.1) is 12.6 Å². The molecule has 110 valence electrons. The molecule has 0 radical (unpaired) electrons. The summed E-state index contributed by atoms with van der Waals surface area (Å²) in [6.07, 6.45) is 0.747. The normalized spacial score (nSPS) is 17.3. The molecule has 4 nitrogen and oxygen atoms in total. The van der Waals surface area contributed by atoms with Gasteiger partial charge < -0.3 is 14.6 Å². The molecule has 1 aromatic heterocycles. The summed E-state index contributed by atoms with van der Waals surface area (Å²) in [7, 11) is 1.82. The fraction of sp³-hybridized carbons (Fsp3) is 0.353. The number of fused-ring (bicyclic) bond motifs is 1. The summed E-state index contributed by atoms with van der Waals surface area (Å²) < 4.78 is 5.53. The maximum absolute atomic E-state index is 12.5. The van der Waals surface area contributed by atoms with Crippen LogP contribution in [0.25, 0.3) is 0 Å². The van der Waals surface area contributed by atoms with E-state index in [9.17, 15) is 4.79 Å². The smallest absolute Gasteiger partial charge is 0.240 e. The molecule has 1 aromatic carbocycles. The van der Waals surface area contributed by atoms with E-state index in [1.165, 1.54) is 11.1 Å². The van der Waals surface area contributed by atoms with E-state index in [1.807, 2.05) is 38.2 Å². The van der Waals surface area contributed by atoms with E-state index in [0.717, 1.165) is 24.5 Å². The summed E-state index contributed by atoms with van der Waals surface area (Å²) in [5, 5.41) is 3.33. The van der Waals surface area contributed by atoms with Crippen molar-refractivity contribution in [2.45, 2.75) is 32.5 Å². The predicted molar refractivity (Wildman–Crippen MR) is 80.7 cm³/mol. The van der Waals surface area contributed by atoms with Gasteiger partial charge in [-0.15, -0.1) is 0 Å². The van der Waals surface area contributed by atoms with Crippen LogP contribution in [-0.2, 0) is 24.3 Å². The van der Waals surface area contributed by atoms with Crippen LogP contribution in [0, 0.1) is 6.92 Å². The molecule has 0 aliphatic carbocycles. The minimum atomic E-state index is -0.152. The number of nitrogens with one attached hydrogen (secondary N) is 1. The molecular weight excluding hydrogens is 264 g/mol. The summed E-state index contributed by atoms with van der Waals surface area (Å²) in [4.78, 5) is 14.3. The highest BCUT2D eigenvalue weighted by molar-refractivity contribution is 5.82. The lowest BCUT2D eigenvalue weighted by Crippen LogP contribution is -2.47. The summed E-state index contributed by atoms with van der Waals surface area (Å²) in [6.45, 7) is 3.16. The Bertz CT molecular complexity index is 648. The highest BCUT2D eigenvalue weighted by Crippen LogP contribution is 2.18. The van der Waals surface area contributed by atoms with E-state index >= 15 is 0 Å². The molecule has 1 atom stereocenters. The van der Waals surface area contributed by atoms with E-state index < -0.39 is 0 Å². The van der Waals surface area contributed by atoms with Crippen LogP contribution < -0.4 is 5.32 Å². The lowest BCUT2D eigenvalue weighted by molar-refractivity contribution is -0.133. The highest BCUT2D eigenvalue weighted by atomic mass is 16.3. The fourth-order valence-electron chi connectivity index (χ4n) is 2.78. The summed E-state index contributed by atoms with van der Waals surface area (Å²) >= 11 is 0. The van der Waals surface area contributed by atoms with Gasteiger partial charge in [-0.25, -0.2) is 0 Å². The van der Waals surface area contributed by atoms with Crippen LogP contribution >= 0.6 is 0 Å². The van der Waals surface area contributed by atoms with Gasteiger partial charge >= 0.3 is 0 Å². The first-order valence-corrected chi connectivity index (χ1v) is 7.24. The monoisotopic (exact) mass is 284 g/mol. The molecule has 1 N–H and O–H groups in total. The van der Waals surface area contributed by atoms with Gasteiger partial charge in [-0.3, -0.25) is 4.79 Å². The first-order valence-electron chi connectivity index (χ1n) is 7.24. The average Bonchev–Trinajstić information content (AvgIpc) is 2.91. The lowest BCUT2D eigenvalue weighted by Gasteiger charge is -2.28. The van der Waals surface area contributed by atoms with Gasteiger partial charge in [0, 0.05) is 13.6 Å². The fourth-order valence-corrected chi connectivity index (χ4v) is 2.78. The molecule has 1 aliphatic rings. The Morgan fingerprint density at radius 2 is 2.05 bits per heavy atom. The van der Waals surface area contributed by atoms with Crippen molar-refractivity contribution in [2.24, 2.45) is 0 Å². The Morgan fingerprint density at radius 3 is 2.76 bits per heavy atom. The Balaban J connectivity index is 1.66. The lowest BCUT2D eigenvalue weighted by atomic mass is 9.95. The van der Waals surface area contributed by atoms with Crippen LogP contribution in [0.4, 0.5) is 0 Å². The van der Waals surface area contributed by atoms with E-state index in [1.54, 1.807) is 4.90 Å². The van der Waals surface area contributed by atoms with Crippen molar-refractivity contribution in [3.63, 3.8) is 0 Å². The molecule has 0 unspecified atom stereocenters. The van der Waals surface area contributed by atoms with Crippen molar-refractivity contribution in [2.75, 3.05) is 7.05 Å². The summed E-state index contributed by atoms with van der Waals surface area (Å²) in [6, 6.07) is 12.0. The van der Waals surface area contributed by atoms with Crippen molar-refractivity contribution < 1.29 is 9.21 Å². The number of carbonyl (C=O) groups excluding carboxylic acids is 1. The minimum absolute atomic E-state index is 0.110. The number of hydrogen-bond donors (Lipinski definition) is 1. The van der Waals surface area contributed by atoms with Gasteiger partial charge in [-0.1, -0.05) is 24.3 Å². The number of benzene rings is 1. The zero-order valence-electron chi connectivity index (χ0n) is 12.4. The second kappa shape index (κ2) is 5.74. The van der Waals surface area contributed by atoms with Gasteiger partial charge in [-0.05, 0) is 36.6 Å². The molecule has 2 aromatic rings. The largest absolute Gasteiger partial charge is 0.464 e. The molecular formula is C17H20N2O2. The molecule has 2 heterocycles. The van der Waals surface area contributed by atoms with Crippen LogP contribution in [-0.4, -0.2) is 23.9 Å². The van der Waals surface area contributed by atoms with Crippen LogP contribution in [0.3, 0.4) is 0 Å². The first-order chi connectivity index (χ1) is 10.1. The molecule has 21 heavy (non-hydrogen) atoms. The van der Waals surface area contributed by atoms with Crippen molar-refractivity contribution in [3.05, 3.63) is 59.0 Å².